The van der Waals surface area contributed by atoms with E-state index in [0.717, 1.165) is 16.7 Å². The minimum atomic E-state index is -3.57. The van der Waals surface area contributed by atoms with Crippen LogP contribution in [-0.4, -0.2) is 13.5 Å². The summed E-state index contributed by atoms with van der Waals surface area (Å²) in [6.07, 6.45) is 0. The maximum absolute atomic E-state index is 12.4. The van der Waals surface area contributed by atoms with E-state index in [-0.39, 0.29) is 13.2 Å². The fourth-order valence-electron chi connectivity index (χ4n) is 2.13. The van der Waals surface area contributed by atoms with Gasteiger partial charge in [0.25, 0.3) is 0 Å². The van der Waals surface area contributed by atoms with Crippen molar-refractivity contribution in [1.29, 1.82) is 0 Å². The van der Waals surface area contributed by atoms with Crippen LogP contribution in [-0.2, 0) is 23.2 Å². The molecule has 0 unspecified atom stereocenters. The molecule has 112 valence electrons. The number of rotatable bonds is 5. The van der Waals surface area contributed by atoms with E-state index < -0.39 is 10.0 Å². The second-order valence-corrected chi connectivity index (χ2v) is 6.76. The van der Waals surface area contributed by atoms with Crippen LogP contribution in [0.15, 0.2) is 47.4 Å². The number of hydrogen-bond acceptors (Lipinski definition) is 3. The van der Waals surface area contributed by atoms with Crippen LogP contribution in [0, 0.1) is 13.8 Å². The molecule has 0 aromatic heterocycles. The van der Waals surface area contributed by atoms with E-state index >= 15 is 0 Å². The molecule has 5 heteroatoms. The molecule has 0 atom stereocenters. The highest BCUT2D eigenvalue weighted by Gasteiger charge is 2.17. The summed E-state index contributed by atoms with van der Waals surface area (Å²) in [6.45, 7) is 3.68. The standard InChI is InChI=1S/C16H19NO3S/c1-12-7-8-13(2)16(9-12)21(19,20)17-10-14-5-3-4-6-15(14)11-18/h3-9,17-18H,10-11H2,1-2H3. The van der Waals surface area contributed by atoms with Gasteiger partial charge in [-0.25, -0.2) is 13.1 Å². The van der Waals surface area contributed by atoms with Crippen molar-refractivity contribution in [2.24, 2.45) is 0 Å². The van der Waals surface area contributed by atoms with Gasteiger partial charge in [-0.2, -0.15) is 0 Å². The highest BCUT2D eigenvalue weighted by Crippen LogP contribution is 2.17. The van der Waals surface area contributed by atoms with Crippen LogP contribution in [0.2, 0.25) is 0 Å². The molecule has 2 aromatic rings. The molecular weight excluding hydrogens is 286 g/mol. The van der Waals surface area contributed by atoms with Crippen LogP contribution in [0.5, 0.6) is 0 Å². The van der Waals surface area contributed by atoms with Crippen molar-refractivity contribution in [2.75, 3.05) is 0 Å². The Morgan fingerprint density at radius 2 is 1.71 bits per heavy atom. The Hall–Kier alpha value is -1.69. The van der Waals surface area contributed by atoms with Crippen LogP contribution in [0.4, 0.5) is 0 Å². The minimum absolute atomic E-state index is 0.110. The summed E-state index contributed by atoms with van der Waals surface area (Å²) in [5.74, 6) is 0. The van der Waals surface area contributed by atoms with Gasteiger partial charge in [-0.1, -0.05) is 36.4 Å². The summed E-state index contributed by atoms with van der Waals surface area (Å²) in [7, 11) is -3.57. The van der Waals surface area contributed by atoms with Crippen molar-refractivity contribution >= 4 is 10.0 Å². The molecule has 0 amide bonds. The average molecular weight is 305 g/mol. The first-order chi connectivity index (χ1) is 9.94. The first-order valence-corrected chi connectivity index (χ1v) is 8.17. The molecule has 0 heterocycles. The summed E-state index contributed by atoms with van der Waals surface area (Å²) in [5, 5.41) is 9.27. The highest BCUT2D eigenvalue weighted by atomic mass is 32.2. The first kappa shape index (κ1) is 15.7. The number of sulfonamides is 1. The zero-order chi connectivity index (χ0) is 15.5. The molecule has 2 N–H and O–H groups in total. The van der Waals surface area contributed by atoms with E-state index in [1.807, 2.05) is 25.1 Å². The van der Waals surface area contributed by atoms with Gasteiger partial charge in [-0.3, -0.25) is 0 Å². The molecule has 0 aliphatic heterocycles. The van der Waals surface area contributed by atoms with Crippen LogP contribution < -0.4 is 4.72 Å². The molecule has 0 aliphatic carbocycles. The molecule has 0 saturated heterocycles. The fourth-order valence-corrected chi connectivity index (χ4v) is 3.47. The Morgan fingerprint density at radius 1 is 1.05 bits per heavy atom. The third-order valence-corrected chi connectivity index (χ3v) is 4.92. The lowest BCUT2D eigenvalue weighted by Crippen LogP contribution is -2.24. The molecule has 0 aliphatic rings. The Bertz CT molecular complexity index is 739. The number of aryl methyl sites for hydroxylation is 2. The Labute approximate surface area is 125 Å². The first-order valence-electron chi connectivity index (χ1n) is 6.68. The maximum Gasteiger partial charge on any atom is 0.241 e. The van der Waals surface area contributed by atoms with Gasteiger partial charge in [0.2, 0.25) is 10.0 Å². The predicted molar refractivity (Wildman–Crippen MR) is 82.3 cm³/mol. The van der Waals surface area contributed by atoms with Gasteiger partial charge in [0.15, 0.2) is 0 Å². The predicted octanol–water partition coefficient (Wildman–Crippen LogP) is 2.27. The topological polar surface area (TPSA) is 66.4 Å². The van der Waals surface area contributed by atoms with Crippen molar-refractivity contribution in [2.45, 2.75) is 31.9 Å². The van der Waals surface area contributed by atoms with Crippen LogP contribution in [0.3, 0.4) is 0 Å². The third-order valence-electron chi connectivity index (χ3n) is 3.37. The molecule has 0 saturated carbocycles. The van der Waals surface area contributed by atoms with Crippen molar-refractivity contribution in [3.8, 4) is 0 Å². The second-order valence-electron chi connectivity index (χ2n) is 5.02. The smallest absolute Gasteiger partial charge is 0.241 e. The van der Waals surface area contributed by atoms with Gasteiger partial charge < -0.3 is 5.11 Å². The summed E-state index contributed by atoms with van der Waals surface area (Å²) >= 11 is 0. The van der Waals surface area contributed by atoms with Gasteiger partial charge in [-0.05, 0) is 42.2 Å². The number of hydrogen-bond donors (Lipinski definition) is 2. The fraction of sp³-hybridized carbons (Fsp3) is 0.250. The normalized spacial score (nSPS) is 11.6. The summed E-state index contributed by atoms with van der Waals surface area (Å²) in [6, 6.07) is 12.6. The lowest BCUT2D eigenvalue weighted by atomic mass is 10.1. The molecule has 4 nitrogen and oxygen atoms in total. The monoisotopic (exact) mass is 305 g/mol. The van der Waals surface area contributed by atoms with Gasteiger partial charge >= 0.3 is 0 Å². The Balaban J connectivity index is 2.24. The Kier molecular flexibility index (Phi) is 4.77. The van der Waals surface area contributed by atoms with E-state index in [1.54, 1.807) is 31.2 Å². The van der Waals surface area contributed by atoms with E-state index in [2.05, 4.69) is 4.72 Å². The lowest BCUT2D eigenvalue weighted by Gasteiger charge is -2.12. The van der Waals surface area contributed by atoms with Gasteiger partial charge in [-0.15, -0.1) is 0 Å². The largest absolute Gasteiger partial charge is 0.392 e. The van der Waals surface area contributed by atoms with Crippen molar-refractivity contribution in [1.82, 2.24) is 4.72 Å². The molecule has 0 fully saturated rings. The van der Waals surface area contributed by atoms with Crippen LogP contribution in [0.1, 0.15) is 22.3 Å². The molecular formula is C16H19NO3S. The average Bonchev–Trinajstić information content (AvgIpc) is 2.48. The van der Waals surface area contributed by atoms with Crippen molar-refractivity contribution in [3.05, 3.63) is 64.7 Å². The SMILES string of the molecule is Cc1ccc(C)c(S(=O)(=O)NCc2ccccc2CO)c1. The number of aliphatic hydroxyl groups excluding tert-OH is 1. The molecule has 2 aromatic carbocycles. The molecule has 0 bridgehead atoms. The van der Waals surface area contributed by atoms with E-state index in [1.165, 1.54) is 0 Å². The Morgan fingerprint density at radius 3 is 2.38 bits per heavy atom. The zero-order valence-electron chi connectivity index (χ0n) is 12.1. The van der Waals surface area contributed by atoms with Crippen LogP contribution in [0.25, 0.3) is 0 Å². The van der Waals surface area contributed by atoms with E-state index in [4.69, 9.17) is 0 Å². The number of aliphatic hydroxyl groups is 1. The third kappa shape index (κ3) is 3.69. The van der Waals surface area contributed by atoms with Gasteiger partial charge in [0.1, 0.15) is 0 Å². The van der Waals surface area contributed by atoms with Crippen molar-refractivity contribution in [3.63, 3.8) is 0 Å². The molecule has 0 spiro atoms. The van der Waals surface area contributed by atoms with Crippen LogP contribution >= 0.6 is 0 Å². The van der Waals surface area contributed by atoms with Crippen molar-refractivity contribution < 1.29 is 13.5 Å². The molecule has 2 rings (SSSR count). The lowest BCUT2D eigenvalue weighted by molar-refractivity contribution is 0.280. The summed E-state index contributed by atoms with van der Waals surface area (Å²) in [5.41, 5.74) is 3.11. The quantitative estimate of drug-likeness (QED) is 0.890. The maximum atomic E-state index is 12.4. The molecule has 21 heavy (non-hydrogen) atoms. The van der Waals surface area contributed by atoms with Gasteiger partial charge in [0.05, 0.1) is 11.5 Å². The van der Waals surface area contributed by atoms with E-state index in [9.17, 15) is 13.5 Å². The second kappa shape index (κ2) is 6.39. The van der Waals surface area contributed by atoms with E-state index in [0.29, 0.717) is 10.5 Å². The van der Waals surface area contributed by atoms with Gasteiger partial charge in [0, 0.05) is 6.54 Å². The minimum Gasteiger partial charge on any atom is -0.392 e. The highest BCUT2D eigenvalue weighted by molar-refractivity contribution is 7.89. The number of benzene rings is 2. The summed E-state index contributed by atoms with van der Waals surface area (Å²) < 4.78 is 27.4. The molecule has 0 radical (unpaired) electrons. The zero-order valence-corrected chi connectivity index (χ0v) is 12.9. The number of nitrogens with one attached hydrogen (secondary N) is 1. The summed E-state index contributed by atoms with van der Waals surface area (Å²) in [4.78, 5) is 0.295.